The predicted molar refractivity (Wildman–Crippen MR) is 71.1 cm³/mol. The first-order chi connectivity index (χ1) is 8.57. The zero-order chi connectivity index (χ0) is 13.0. The second-order valence-electron chi connectivity index (χ2n) is 4.98. The lowest BCUT2D eigenvalue weighted by atomic mass is 10.2. The molecule has 0 spiro atoms. The Hall–Kier alpha value is -0.880. The Balaban J connectivity index is 1.73. The van der Waals surface area contributed by atoms with Gasteiger partial charge in [0.05, 0.1) is 5.25 Å². The fourth-order valence-electron chi connectivity index (χ4n) is 2.63. The lowest BCUT2D eigenvalue weighted by molar-refractivity contribution is 0.476. The molecule has 1 aliphatic rings. The molecule has 0 radical (unpaired) electrons. The minimum absolute atomic E-state index is 0.137. The van der Waals surface area contributed by atoms with E-state index in [9.17, 15) is 8.42 Å². The van der Waals surface area contributed by atoms with E-state index >= 15 is 0 Å². The van der Waals surface area contributed by atoms with E-state index in [1.165, 1.54) is 6.26 Å². The number of hydrogen-bond donors (Lipinski definition) is 1. The summed E-state index contributed by atoms with van der Waals surface area (Å²) >= 11 is 0. The Morgan fingerprint density at radius 3 is 2.94 bits per heavy atom. The molecule has 0 aromatic carbocycles. The third-order valence-corrected chi connectivity index (χ3v) is 5.20. The van der Waals surface area contributed by atoms with Crippen LogP contribution in [0, 0.1) is 0 Å². The molecule has 1 saturated carbocycles. The van der Waals surface area contributed by atoms with Gasteiger partial charge in [0.2, 0.25) is 0 Å². The quantitative estimate of drug-likeness (QED) is 0.778. The normalized spacial score (nSPS) is 24.5. The van der Waals surface area contributed by atoms with Crippen molar-refractivity contribution in [3.63, 3.8) is 0 Å². The molecule has 1 fully saturated rings. The van der Waals surface area contributed by atoms with Crippen LogP contribution in [0.25, 0.3) is 0 Å². The van der Waals surface area contributed by atoms with E-state index in [1.54, 1.807) is 6.20 Å². The molecule has 6 heteroatoms. The molecule has 18 heavy (non-hydrogen) atoms. The van der Waals surface area contributed by atoms with Crippen molar-refractivity contribution in [3.8, 4) is 0 Å². The van der Waals surface area contributed by atoms with Crippen molar-refractivity contribution in [2.75, 3.05) is 12.8 Å². The van der Waals surface area contributed by atoms with Gasteiger partial charge in [-0.25, -0.2) is 8.42 Å². The van der Waals surface area contributed by atoms with Crippen molar-refractivity contribution in [2.24, 2.45) is 0 Å². The standard InChI is InChI=1S/C12H21N3O2S/c1-18(16,17)12-6-2-5-11(12)13-7-3-9-15-10-4-8-14-15/h4,8,10-13H,2-3,5-7,9H2,1H3/t11-,12+/m1/s1. The summed E-state index contributed by atoms with van der Waals surface area (Å²) in [4.78, 5) is 0. The van der Waals surface area contributed by atoms with Gasteiger partial charge >= 0.3 is 0 Å². The summed E-state index contributed by atoms with van der Waals surface area (Å²) in [5.41, 5.74) is 0. The minimum Gasteiger partial charge on any atom is -0.313 e. The molecule has 2 rings (SSSR count). The maximum atomic E-state index is 11.6. The van der Waals surface area contributed by atoms with Crippen LogP contribution in [0.4, 0.5) is 0 Å². The van der Waals surface area contributed by atoms with E-state index in [2.05, 4.69) is 10.4 Å². The second kappa shape index (κ2) is 5.84. The number of hydrogen-bond acceptors (Lipinski definition) is 4. The summed E-state index contributed by atoms with van der Waals surface area (Å²) in [6.07, 6.45) is 8.80. The summed E-state index contributed by atoms with van der Waals surface area (Å²) in [6.45, 7) is 1.72. The highest BCUT2D eigenvalue weighted by Gasteiger charge is 2.33. The highest BCUT2D eigenvalue weighted by Crippen LogP contribution is 2.24. The van der Waals surface area contributed by atoms with Crippen LogP contribution in [0.3, 0.4) is 0 Å². The van der Waals surface area contributed by atoms with Crippen LogP contribution in [-0.4, -0.2) is 42.3 Å². The lowest BCUT2D eigenvalue weighted by Crippen LogP contribution is -2.40. The van der Waals surface area contributed by atoms with E-state index in [-0.39, 0.29) is 11.3 Å². The summed E-state index contributed by atoms with van der Waals surface area (Å²) in [5.74, 6) is 0. The number of nitrogens with one attached hydrogen (secondary N) is 1. The highest BCUT2D eigenvalue weighted by atomic mass is 32.2. The molecule has 0 bridgehead atoms. The van der Waals surface area contributed by atoms with Crippen molar-refractivity contribution < 1.29 is 8.42 Å². The Labute approximate surface area is 108 Å². The Morgan fingerprint density at radius 1 is 1.44 bits per heavy atom. The average Bonchev–Trinajstić information content (AvgIpc) is 2.94. The van der Waals surface area contributed by atoms with Crippen molar-refractivity contribution in [1.29, 1.82) is 0 Å². The Morgan fingerprint density at radius 2 is 2.28 bits per heavy atom. The van der Waals surface area contributed by atoms with Gasteiger partial charge < -0.3 is 5.32 Å². The van der Waals surface area contributed by atoms with Gasteiger partial charge in [-0.1, -0.05) is 6.42 Å². The van der Waals surface area contributed by atoms with E-state index in [0.717, 1.165) is 38.8 Å². The number of aromatic nitrogens is 2. The predicted octanol–water partition coefficient (Wildman–Crippen LogP) is 0.828. The molecule has 102 valence electrons. The molecule has 1 heterocycles. The first-order valence-corrected chi connectivity index (χ1v) is 8.42. The zero-order valence-electron chi connectivity index (χ0n) is 10.7. The maximum Gasteiger partial charge on any atom is 0.151 e. The van der Waals surface area contributed by atoms with Crippen LogP contribution in [-0.2, 0) is 16.4 Å². The van der Waals surface area contributed by atoms with E-state index in [4.69, 9.17) is 0 Å². The summed E-state index contributed by atoms with van der Waals surface area (Å²) in [5, 5.41) is 7.32. The molecule has 1 aliphatic carbocycles. The molecule has 5 nitrogen and oxygen atoms in total. The number of sulfone groups is 1. The van der Waals surface area contributed by atoms with Gasteiger partial charge in [0.15, 0.2) is 9.84 Å². The van der Waals surface area contributed by atoms with Gasteiger partial charge in [-0.3, -0.25) is 4.68 Å². The molecule has 0 amide bonds. The van der Waals surface area contributed by atoms with Gasteiger partial charge in [-0.05, 0) is 31.9 Å². The summed E-state index contributed by atoms with van der Waals surface area (Å²) in [6, 6.07) is 2.04. The first-order valence-electron chi connectivity index (χ1n) is 6.47. The molecule has 1 aromatic heterocycles. The molecule has 2 atom stereocenters. The number of nitrogens with zero attached hydrogens (tertiary/aromatic N) is 2. The smallest absolute Gasteiger partial charge is 0.151 e. The van der Waals surface area contributed by atoms with E-state index < -0.39 is 9.84 Å². The third-order valence-electron chi connectivity index (χ3n) is 3.53. The van der Waals surface area contributed by atoms with Crippen LogP contribution < -0.4 is 5.32 Å². The van der Waals surface area contributed by atoms with Crippen molar-refractivity contribution >= 4 is 9.84 Å². The maximum absolute atomic E-state index is 11.6. The van der Waals surface area contributed by atoms with Crippen LogP contribution >= 0.6 is 0 Å². The van der Waals surface area contributed by atoms with Crippen molar-refractivity contribution in [3.05, 3.63) is 18.5 Å². The van der Waals surface area contributed by atoms with Gasteiger partial charge in [-0.2, -0.15) is 5.10 Å². The van der Waals surface area contributed by atoms with Gasteiger partial charge in [0.1, 0.15) is 0 Å². The fourth-order valence-corrected chi connectivity index (χ4v) is 4.06. The van der Waals surface area contributed by atoms with Crippen LogP contribution in [0.2, 0.25) is 0 Å². The average molecular weight is 271 g/mol. The molecule has 0 unspecified atom stereocenters. The molecule has 1 aromatic rings. The molecular weight excluding hydrogens is 250 g/mol. The van der Waals surface area contributed by atoms with Gasteiger partial charge in [0.25, 0.3) is 0 Å². The lowest BCUT2D eigenvalue weighted by Gasteiger charge is -2.19. The van der Waals surface area contributed by atoms with Crippen molar-refractivity contribution in [1.82, 2.24) is 15.1 Å². The van der Waals surface area contributed by atoms with Crippen LogP contribution in [0.5, 0.6) is 0 Å². The molecular formula is C12H21N3O2S. The Kier molecular flexibility index (Phi) is 4.40. The summed E-state index contributed by atoms with van der Waals surface area (Å²) in [7, 11) is -2.91. The highest BCUT2D eigenvalue weighted by molar-refractivity contribution is 7.91. The number of aryl methyl sites for hydroxylation is 1. The second-order valence-corrected chi connectivity index (χ2v) is 7.25. The summed E-state index contributed by atoms with van der Waals surface area (Å²) < 4.78 is 25.1. The topological polar surface area (TPSA) is 64.0 Å². The zero-order valence-corrected chi connectivity index (χ0v) is 11.6. The fraction of sp³-hybridized carbons (Fsp3) is 0.750. The van der Waals surface area contributed by atoms with Crippen LogP contribution in [0.1, 0.15) is 25.7 Å². The monoisotopic (exact) mass is 271 g/mol. The minimum atomic E-state index is -2.91. The largest absolute Gasteiger partial charge is 0.313 e. The first kappa shape index (κ1) is 13.5. The van der Waals surface area contributed by atoms with Crippen LogP contribution in [0.15, 0.2) is 18.5 Å². The SMILES string of the molecule is CS(=O)(=O)[C@H]1CCC[C@H]1NCCCn1cccn1. The Bertz CT molecular complexity index is 456. The molecule has 0 aliphatic heterocycles. The van der Waals surface area contributed by atoms with E-state index in [1.807, 2.05) is 16.9 Å². The van der Waals surface area contributed by atoms with Gasteiger partial charge in [0, 0.05) is 31.2 Å². The molecule has 1 N–H and O–H groups in total. The number of rotatable bonds is 6. The van der Waals surface area contributed by atoms with Gasteiger partial charge in [-0.15, -0.1) is 0 Å². The molecule has 0 saturated heterocycles. The van der Waals surface area contributed by atoms with Crippen molar-refractivity contribution in [2.45, 2.75) is 43.5 Å². The third kappa shape index (κ3) is 3.55. The van der Waals surface area contributed by atoms with E-state index in [0.29, 0.717) is 0 Å².